The minimum Gasteiger partial charge on any atom is -0.465 e. The molecule has 0 bridgehead atoms. The first-order valence-corrected chi connectivity index (χ1v) is 5.55. The van der Waals surface area contributed by atoms with E-state index in [1.54, 1.807) is 18.2 Å². The normalized spacial score (nSPS) is 10.5. The van der Waals surface area contributed by atoms with Gasteiger partial charge in [-0.2, -0.15) is 0 Å². The van der Waals surface area contributed by atoms with Gasteiger partial charge >= 0.3 is 6.09 Å². The number of anilines is 1. The van der Waals surface area contributed by atoms with Gasteiger partial charge in [0.25, 0.3) is 0 Å². The molecular formula is C13H9N3O3. The standard InChI is InChI=1S/C13H9N3O3/c17-13(18)16-11-8(4-3-7-14-11)12-15-9-5-1-2-6-10(9)19-12/h1-7H,(H,14,16)(H,17,18). The number of carbonyl (C=O) groups is 1. The molecule has 6 nitrogen and oxygen atoms in total. The van der Waals surface area contributed by atoms with Crippen LogP contribution in [0.1, 0.15) is 0 Å². The average molecular weight is 255 g/mol. The van der Waals surface area contributed by atoms with Gasteiger partial charge in [-0.3, -0.25) is 5.32 Å². The number of amides is 1. The van der Waals surface area contributed by atoms with Gasteiger partial charge in [-0.25, -0.2) is 14.8 Å². The van der Waals surface area contributed by atoms with Gasteiger partial charge in [-0.1, -0.05) is 12.1 Å². The number of fused-ring (bicyclic) bond motifs is 1. The molecule has 1 amide bonds. The molecule has 0 saturated heterocycles. The highest BCUT2D eigenvalue weighted by molar-refractivity contribution is 5.88. The summed E-state index contributed by atoms with van der Waals surface area (Å²) in [5.41, 5.74) is 1.85. The van der Waals surface area contributed by atoms with Crippen LogP contribution >= 0.6 is 0 Å². The van der Waals surface area contributed by atoms with Crippen molar-refractivity contribution in [3.63, 3.8) is 0 Å². The Morgan fingerprint density at radius 3 is 2.84 bits per heavy atom. The second-order valence-corrected chi connectivity index (χ2v) is 3.82. The molecule has 3 rings (SSSR count). The topological polar surface area (TPSA) is 88.2 Å². The number of rotatable bonds is 2. The van der Waals surface area contributed by atoms with Gasteiger partial charge < -0.3 is 9.52 Å². The summed E-state index contributed by atoms with van der Waals surface area (Å²) in [7, 11) is 0. The highest BCUT2D eigenvalue weighted by Crippen LogP contribution is 2.28. The molecule has 0 aliphatic rings. The van der Waals surface area contributed by atoms with E-state index in [0.29, 0.717) is 22.6 Å². The molecular weight excluding hydrogens is 246 g/mol. The number of oxazole rings is 1. The van der Waals surface area contributed by atoms with E-state index >= 15 is 0 Å². The zero-order valence-corrected chi connectivity index (χ0v) is 9.70. The number of aromatic nitrogens is 2. The third-order valence-corrected chi connectivity index (χ3v) is 2.56. The molecule has 0 saturated carbocycles. The molecule has 0 aliphatic heterocycles. The van der Waals surface area contributed by atoms with Gasteiger partial charge in [-0.15, -0.1) is 0 Å². The molecule has 0 spiro atoms. The Balaban J connectivity index is 2.13. The number of hydrogen-bond donors (Lipinski definition) is 2. The predicted octanol–water partition coefficient (Wildman–Crippen LogP) is 2.98. The third-order valence-electron chi connectivity index (χ3n) is 2.56. The monoisotopic (exact) mass is 255 g/mol. The zero-order valence-electron chi connectivity index (χ0n) is 9.70. The molecule has 0 aliphatic carbocycles. The van der Waals surface area contributed by atoms with Gasteiger partial charge in [0.05, 0.1) is 5.56 Å². The molecule has 0 unspecified atom stereocenters. The van der Waals surface area contributed by atoms with Crippen LogP contribution in [0.2, 0.25) is 0 Å². The fourth-order valence-corrected chi connectivity index (χ4v) is 1.77. The van der Waals surface area contributed by atoms with Gasteiger partial charge in [-0.05, 0) is 24.3 Å². The summed E-state index contributed by atoms with van der Waals surface area (Å²) < 4.78 is 5.59. The van der Waals surface area contributed by atoms with Crippen LogP contribution in [0.4, 0.5) is 10.6 Å². The van der Waals surface area contributed by atoms with E-state index in [1.807, 2.05) is 18.2 Å². The van der Waals surface area contributed by atoms with Crippen LogP contribution in [0, 0.1) is 0 Å². The summed E-state index contributed by atoms with van der Waals surface area (Å²) >= 11 is 0. The number of para-hydroxylation sites is 2. The average Bonchev–Trinajstić information content (AvgIpc) is 2.82. The molecule has 0 fully saturated rings. The zero-order chi connectivity index (χ0) is 13.2. The summed E-state index contributed by atoms with van der Waals surface area (Å²) in [5, 5.41) is 11.0. The van der Waals surface area contributed by atoms with Crippen molar-refractivity contribution >= 4 is 23.0 Å². The summed E-state index contributed by atoms with van der Waals surface area (Å²) in [6.07, 6.45) is 0.313. The van der Waals surface area contributed by atoms with Gasteiger partial charge in [0.1, 0.15) is 11.3 Å². The van der Waals surface area contributed by atoms with Crippen molar-refractivity contribution < 1.29 is 14.3 Å². The van der Waals surface area contributed by atoms with Crippen molar-refractivity contribution in [2.24, 2.45) is 0 Å². The van der Waals surface area contributed by atoms with E-state index in [4.69, 9.17) is 9.52 Å². The Bertz CT molecular complexity index is 718. The number of nitrogens with zero attached hydrogens (tertiary/aromatic N) is 2. The second-order valence-electron chi connectivity index (χ2n) is 3.82. The van der Waals surface area contributed by atoms with E-state index < -0.39 is 6.09 Å². The SMILES string of the molecule is O=C(O)Nc1ncccc1-c1nc2ccccc2o1. The van der Waals surface area contributed by atoms with Crippen LogP contribution in [0.25, 0.3) is 22.6 Å². The van der Waals surface area contributed by atoms with E-state index in [0.717, 1.165) is 0 Å². The van der Waals surface area contributed by atoms with Crippen molar-refractivity contribution in [1.29, 1.82) is 0 Å². The minimum absolute atomic E-state index is 0.196. The Morgan fingerprint density at radius 1 is 1.21 bits per heavy atom. The molecule has 2 N–H and O–H groups in total. The van der Waals surface area contributed by atoms with Gasteiger partial charge in [0, 0.05) is 6.20 Å². The fourth-order valence-electron chi connectivity index (χ4n) is 1.77. The molecule has 3 aromatic rings. The molecule has 0 radical (unpaired) electrons. The maximum Gasteiger partial charge on any atom is 0.410 e. The Hall–Kier alpha value is -2.89. The molecule has 2 aromatic heterocycles. The number of nitrogens with one attached hydrogen (secondary N) is 1. The molecule has 1 aromatic carbocycles. The third kappa shape index (κ3) is 2.11. The van der Waals surface area contributed by atoms with Crippen LogP contribution in [0.3, 0.4) is 0 Å². The molecule has 0 atom stereocenters. The summed E-state index contributed by atoms with van der Waals surface area (Å²) in [6, 6.07) is 10.7. The highest BCUT2D eigenvalue weighted by atomic mass is 16.4. The summed E-state index contributed by atoms with van der Waals surface area (Å²) in [6.45, 7) is 0. The molecule has 94 valence electrons. The van der Waals surface area contributed by atoms with E-state index in [2.05, 4.69) is 15.3 Å². The quantitative estimate of drug-likeness (QED) is 0.734. The maximum absolute atomic E-state index is 10.7. The lowest BCUT2D eigenvalue weighted by Gasteiger charge is -2.03. The van der Waals surface area contributed by atoms with Gasteiger partial charge in [0.15, 0.2) is 5.58 Å². The Labute approximate surface area is 107 Å². The van der Waals surface area contributed by atoms with E-state index in [9.17, 15) is 4.79 Å². The first kappa shape index (κ1) is 11.2. The van der Waals surface area contributed by atoms with E-state index in [-0.39, 0.29) is 5.82 Å². The number of pyridine rings is 1. The van der Waals surface area contributed by atoms with Crippen LogP contribution in [-0.2, 0) is 0 Å². The van der Waals surface area contributed by atoms with Crippen molar-refractivity contribution in [3.8, 4) is 11.5 Å². The van der Waals surface area contributed by atoms with E-state index in [1.165, 1.54) is 6.20 Å². The van der Waals surface area contributed by atoms with Crippen molar-refractivity contribution in [3.05, 3.63) is 42.6 Å². The lowest BCUT2D eigenvalue weighted by Crippen LogP contribution is -2.09. The largest absolute Gasteiger partial charge is 0.465 e. The van der Waals surface area contributed by atoms with Crippen molar-refractivity contribution in [2.75, 3.05) is 5.32 Å². The Kier molecular flexibility index (Phi) is 2.60. The van der Waals surface area contributed by atoms with Crippen LogP contribution in [0.15, 0.2) is 47.0 Å². The predicted molar refractivity (Wildman–Crippen MR) is 68.9 cm³/mol. The number of hydrogen-bond acceptors (Lipinski definition) is 4. The minimum atomic E-state index is -1.18. The number of benzene rings is 1. The van der Waals surface area contributed by atoms with Crippen molar-refractivity contribution in [2.45, 2.75) is 0 Å². The van der Waals surface area contributed by atoms with Crippen LogP contribution < -0.4 is 5.32 Å². The summed E-state index contributed by atoms with van der Waals surface area (Å²) in [5.74, 6) is 0.527. The number of carboxylic acid groups (broad SMARTS) is 1. The van der Waals surface area contributed by atoms with Crippen LogP contribution in [0.5, 0.6) is 0 Å². The van der Waals surface area contributed by atoms with Crippen LogP contribution in [-0.4, -0.2) is 21.2 Å². The fraction of sp³-hybridized carbons (Fsp3) is 0. The molecule has 19 heavy (non-hydrogen) atoms. The second kappa shape index (κ2) is 4.41. The van der Waals surface area contributed by atoms with Gasteiger partial charge in [0.2, 0.25) is 5.89 Å². The first-order valence-electron chi connectivity index (χ1n) is 5.55. The summed E-state index contributed by atoms with van der Waals surface area (Å²) in [4.78, 5) is 19.0. The Morgan fingerprint density at radius 2 is 2.05 bits per heavy atom. The highest BCUT2D eigenvalue weighted by Gasteiger charge is 2.14. The molecule has 6 heteroatoms. The van der Waals surface area contributed by atoms with Crippen molar-refractivity contribution in [1.82, 2.24) is 9.97 Å². The lowest BCUT2D eigenvalue weighted by atomic mass is 10.2. The molecule has 2 heterocycles. The maximum atomic E-state index is 10.7. The lowest BCUT2D eigenvalue weighted by molar-refractivity contribution is 0.209. The first-order chi connectivity index (χ1) is 9.24. The smallest absolute Gasteiger partial charge is 0.410 e.